The van der Waals surface area contributed by atoms with E-state index in [1.54, 1.807) is 17.2 Å². The summed E-state index contributed by atoms with van der Waals surface area (Å²) in [6, 6.07) is 1.60. The molecule has 1 aliphatic rings. The van der Waals surface area contributed by atoms with Crippen LogP contribution in [-0.2, 0) is 0 Å². The molecule has 0 spiro atoms. The van der Waals surface area contributed by atoms with E-state index < -0.39 is 0 Å². The number of halogens is 1. The van der Waals surface area contributed by atoms with Gasteiger partial charge in [-0.2, -0.15) is 0 Å². The minimum atomic E-state index is 0.0252. The number of nitrogen functional groups attached to an aromatic ring is 1. The van der Waals surface area contributed by atoms with E-state index in [0.717, 1.165) is 19.5 Å². The zero-order valence-electron chi connectivity index (χ0n) is 7.53. The minimum absolute atomic E-state index is 0.0252. The predicted octanol–water partition coefficient (Wildman–Crippen LogP) is 1.27. The van der Waals surface area contributed by atoms with Gasteiger partial charge in [-0.05, 0) is 28.4 Å². The average Bonchev–Trinajstić information content (AvgIpc) is 2.06. The standard InChI is InChI=1S/C9H10BrN3O/c10-7-5-12-8(11)4-6(7)9(14)13-2-1-3-13/h4-5H,1-3H2,(H2,11,12). The first-order valence-electron chi connectivity index (χ1n) is 4.39. The van der Waals surface area contributed by atoms with Crippen molar-refractivity contribution in [2.45, 2.75) is 6.42 Å². The van der Waals surface area contributed by atoms with Gasteiger partial charge in [0.05, 0.1) is 5.56 Å². The molecule has 2 rings (SSSR count). The van der Waals surface area contributed by atoms with Gasteiger partial charge in [-0.15, -0.1) is 0 Å². The van der Waals surface area contributed by atoms with Gasteiger partial charge in [-0.25, -0.2) is 4.98 Å². The molecule has 1 aromatic rings. The van der Waals surface area contributed by atoms with Crippen LogP contribution >= 0.6 is 15.9 Å². The molecule has 2 heterocycles. The highest BCUT2D eigenvalue weighted by molar-refractivity contribution is 9.10. The average molecular weight is 256 g/mol. The number of aromatic nitrogens is 1. The second-order valence-electron chi connectivity index (χ2n) is 3.23. The summed E-state index contributed by atoms with van der Waals surface area (Å²) < 4.78 is 0.698. The second-order valence-corrected chi connectivity index (χ2v) is 4.09. The summed E-state index contributed by atoms with van der Waals surface area (Å²) >= 11 is 3.29. The summed E-state index contributed by atoms with van der Waals surface area (Å²) in [4.78, 5) is 17.5. The molecule has 5 heteroatoms. The van der Waals surface area contributed by atoms with Crippen LogP contribution in [-0.4, -0.2) is 28.9 Å². The summed E-state index contributed by atoms with van der Waals surface area (Å²) in [6.45, 7) is 1.68. The van der Waals surface area contributed by atoms with Crippen molar-refractivity contribution in [2.24, 2.45) is 0 Å². The Kier molecular flexibility index (Phi) is 2.41. The molecule has 0 atom stereocenters. The van der Waals surface area contributed by atoms with Crippen LogP contribution in [0.2, 0.25) is 0 Å². The van der Waals surface area contributed by atoms with Crippen LogP contribution in [0.25, 0.3) is 0 Å². The molecule has 1 aromatic heterocycles. The van der Waals surface area contributed by atoms with Gasteiger partial charge >= 0.3 is 0 Å². The fraction of sp³-hybridized carbons (Fsp3) is 0.333. The lowest BCUT2D eigenvalue weighted by Gasteiger charge is -2.31. The summed E-state index contributed by atoms with van der Waals surface area (Å²) in [5.41, 5.74) is 6.12. The summed E-state index contributed by atoms with van der Waals surface area (Å²) in [7, 11) is 0. The van der Waals surface area contributed by atoms with E-state index in [4.69, 9.17) is 5.73 Å². The van der Waals surface area contributed by atoms with Crippen LogP contribution in [0.5, 0.6) is 0 Å². The largest absolute Gasteiger partial charge is 0.384 e. The molecule has 4 nitrogen and oxygen atoms in total. The van der Waals surface area contributed by atoms with Crippen LogP contribution in [0.1, 0.15) is 16.8 Å². The summed E-state index contributed by atoms with van der Waals surface area (Å²) in [5, 5.41) is 0. The number of carbonyl (C=O) groups is 1. The lowest BCUT2D eigenvalue weighted by atomic mass is 10.1. The molecule has 14 heavy (non-hydrogen) atoms. The Morgan fingerprint density at radius 2 is 2.29 bits per heavy atom. The third-order valence-corrected chi connectivity index (χ3v) is 2.88. The number of likely N-dealkylation sites (tertiary alicyclic amines) is 1. The number of anilines is 1. The highest BCUT2D eigenvalue weighted by Crippen LogP contribution is 2.21. The van der Waals surface area contributed by atoms with Crippen LogP contribution in [0.15, 0.2) is 16.7 Å². The molecule has 0 bridgehead atoms. The number of carbonyl (C=O) groups excluding carboxylic acids is 1. The zero-order valence-corrected chi connectivity index (χ0v) is 9.12. The maximum absolute atomic E-state index is 11.8. The molecule has 74 valence electrons. The monoisotopic (exact) mass is 255 g/mol. The number of amides is 1. The smallest absolute Gasteiger partial charge is 0.255 e. The van der Waals surface area contributed by atoms with Crippen LogP contribution in [0.4, 0.5) is 5.82 Å². The van der Waals surface area contributed by atoms with Crippen molar-refractivity contribution in [1.29, 1.82) is 0 Å². The van der Waals surface area contributed by atoms with E-state index >= 15 is 0 Å². The molecule has 0 aromatic carbocycles. The molecule has 1 aliphatic heterocycles. The van der Waals surface area contributed by atoms with Crippen molar-refractivity contribution in [1.82, 2.24) is 9.88 Å². The summed E-state index contributed by atoms with van der Waals surface area (Å²) in [6.07, 6.45) is 2.65. The zero-order chi connectivity index (χ0) is 10.1. The highest BCUT2D eigenvalue weighted by atomic mass is 79.9. The number of rotatable bonds is 1. The first-order valence-corrected chi connectivity index (χ1v) is 5.18. The highest BCUT2D eigenvalue weighted by Gasteiger charge is 2.23. The lowest BCUT2D eigenvalue weighted by Crippen LogP contribution is -2.42. The maximum atomic E-state index is 11.8. The SMILES string of the molecule is Nc1cc(C(=O)N2CCC2)c(Br)cn1. The summed E-state index contributed by atoms with van der Waals surface area (Å²) in [5.74, 6) is 0.397. The van der Waals surface area contributed by atoms with Gasteiger partial charge in [0.15, 0.2) is 0 Å². The fourth-order valence-electron chi connectivity index (χ4n) is 1.31. The Labute approximate surface area is 90.2 Å². The Bertz CT molecular complexity index is 376. The van der Waals surface area contributed by atoms with Gasteiger partial charge in [0, 0.05) is 23.8 Å². The van der Waals surface area contributed by atoms with Gasteiger partial charge in [-0.3, -0.25) is 4.79 Å². The van der Waals surface area contributed by atoms with Crippen LogP contribution in [0, 0.1) is 0 Å². The van der Waals surface area contributed by atoms with Gasteiger partial charge in [-0.1, -0.05) is 0 Å². The van der Waals surface area contributed by atoms with Crippen LogP contribution < -0.4 is 5.73 Å². The molecule has 1 fully saturated rings. The van der Waals surface area contributed by atoms with Gasteiger partial charge in [0.1, 0.15) is 5.82 Å². The molecule has 0 aliphatic carbocycles. The number of hydrogen-bond acceptors (Lipinski definition) is 3. The Balaban J connectivity index is 2.29. The molecule has 2 N–H and O–H groups in total. The topological polar surface area (TPSA) is 59.2 Å². The van der Waals surface area contributed by atoms with E-state index in [1.807, 2.05) is 0 Å². The van der Waals surface area contributed by atoms with E-state index in [2.05, 4.69) is 20.9 Å². The van der Waals surface area contributed by atoms with E-state index in [0.29, 0.717) is 15.9 Å². The Hall–Kier alpha value is -1.10. The number of nitrogens with zero attached hydrogens (tertiary/aromatic N) is 2. The first kappa shape index (κ1) is 9.45. The quantitative estimate of drug-likeness (QED) is 0.823. The number of nitrogens with two attached hydrogens (primary N) is 1. The van der Waals surface area contributed by atoms with Gasteiger partial charge in [0.2, 0.25) is 0 Å². The third kappa shape index (κ3) is 1.59. The number of hydrogen-bond donors (Lipinski definition) is 1. The van der Waals surface area contributed by atoms with Crippen molar-refractivity contribution >= 4 is 27.7 Å². The molecular formula is C9H10BrN3O. The predicted molar refractivity (Wildman–Crippen MR) is 56.9 cm³/mol. The van der Waals surface area contributed by atoms with Crippen molar-refractivity contribution in [3.8, 4) is 0 Å². The van der Waals surface area contributed by atoms with E-state index in [-0.39, 0.29) is 5.91 Å². The number of pyridine rings is 1. The third-order valence-electron chi connectivity index (χ3n) is 2.25. The minimum Gasteiger partial charge on any atom is -0.384 e. The molecule has 0 unspecified atom stereocenters. The maximum Gasteiger partial charge on any atom is 0.255 e. The Morgan fingerprint density at radius 1 is 1.57 bits per heavy atom. The molecule has 0 saturated carbocycles. The fourth-order valence-corrected chi connectivity index (χ4v) is 1.69. The van der Waals surface area contributed by atoms with E-state index in [1.165, 1.54) is 0 Å². The molecule has 1 saturated heterocycles. The lowest BCUT2D eigenvalue weighted by molar-refractivity contribution is 0.0651. The second kappa shape index (κ2) is 3.57. The van der Waals surface area contributed by atoms with Gasteiger partial charge < -0.3 is 10.6 Å². The molecule has 0 radical (unpaired) electrons. The van der Waals surface area contributed by atoms with Crippen molar-refractivity contribution in [2.75, 3.05) is 18.8 Å². The van der Waals surface area contributed by atoms with Crippen molar-refractivity contribution < 1.29 is 4.79 Å². The molecule has 1 amide bonds. The molecular weight excluding hydrogens is 246 g/mol. The van der Waals surface area contributed by atoms with E-state index in [9.17, 15) is 4.79 Å². The van der Waals surface area contributed by atoms with Crippen molar-refractivity contribution in [3.05, 3.63) is 22.3 Å². The van der Waals surface area contributed by atoms with Crippen LogP contribution in [0.3, 0.4) is 0 Å². The van der Waals surface area contributed by atoms with Gasteiger partial charge in [0.25, 0.3) is 5.91 Å². The normalized spacial score (nSPS) is 15.1. The first-order chi connectivity index (χ1) is 6.68. The van der Waals surface area contributed by atoms with Crippen molar-refractivity contribution in [3.63, 3.8) is 0 Å². The Morgan fingerprint density at radius 3 is 2.86 bits per heavy atom.